The number of carbonyl (C=O) groups is 3. The van der Waals surface area contributed by atoms with Gasteiger partial charge in [0.2, 0.25) is 17.7 Å². The van der Waals surface area contributed by atoms with E-state index >= 15 is 0 Å². The summed E-state index contributed by atoms with van der Waals surface area (Å²) in [5.41, 5.74) is 0.675. The zero-order valence-corrected chi connectivity index (χ0v) is 17.9. The predicted octanol–water partition coefficient (Wildman–Crippen LogP) is 2.16. The van der Waals surface area contributed by atoms with Crippen LogP contribution in [-0.4, -0.2) is 53.6 Å². The van der Waals surface area contributed by atoms with E-state index in [1.165, 1.54) is 17.0 Å². The number of aryl methyl sites for hydroxylation is 1. The highest BCUT2D eigenvalue weighted by atomic mass is 19.1. The van der Waals surface area contributed by atoms with E-state index in [1.54, 1.807) is 25.1 Å². The van der Waals surface area contributed by atoms with Crippen molar-refractivity contribution < 1.29 is 28.0 Å². The molecule has 1 atom stereocenters. The van der Waals surface area contributed by atoms with E-state index in [4.69, 9.17) is 9.26 Å². The molecule has 0 spiro atoms. The average molecular weight is 446 g/mol. The Balaban J connectivity index is 1.55. The lowest BCUT2D eigenvalue weighted by molar-refractivity contribution is -0.137. The second-order valence-corrected chi connectivity index (χ2v) is 7.69. The lowest BCUT2D eigenvalue weighted by atomic mass is 10.2. The molecule has 2 heterocycles. The fourth-order valence-electron chi connectivity index (χ4n) is 3.31. The number of aromatic nitrogens is 1. The monoisotopic (exact) mass is 446 g/mol. The first kappa shape index (κ1) is 23.4. The van der Waals surface area contributed by atoms with Crippen LogP contribution in [0.15, 0.2) is 34.9 Å². The molecule has 172 valence electrons. The maximum absolute atomic E-state index is 13.2. The number of ether oxygens (including phenoxy) is 1. The van der Waals surface area contributed by atoms with Crippen LogP contribution in [0.4, 0.5) is 10.2 Å². The smallest absolute Gasteiger partial charge is 0.239 e. The van der Waals surface area contributed by atoms with Crippen LogP contribution in [0.5, 0.6) is 0 Å². The first-order valence-electron chi connectivity index (χ1n) is 10.5. The Kier molecular flexibility index (Phi) is 8.32. The summed E-state index contributed by atoms with van der Waals surface area (Å²) in [6, 6.07) is 7.27. The summed E-state index contributed by atoms with van der Waals surface area (Å²) >= 11 is 0. The van der Waals surface area contributed by atoms with Gasteiger partial charge in [-0.1, -0.05) is 17.3 Å². The Hall–Kier alpha value is -3.27. The van der Waals surface area contributed by atoms with E-state index in [1.807, 2.05) is 0 Å². The van der Waals surface area contributed by atoms with Gasteiger partial charge in [0.15, 0.2) is 5.82 Å². The van der Waals surface area contributed by atoms with Crippen molar-refractivity contribution in [3.05, 3.63) is 47.5 Å². The van der Waals surface area contributed by atoms with Crippen LogP contribution in [-0.2, 0) is 25.7 Å². The van der Waals surface area contributed by atoms with Crippen LogP contribution >= 0.6 is 0 Å². The normalized spacial score (nSPS) is 15.4. The number of nitrogens with one attached hydrogen (secondary N) is 2. The SMILES string of the molecule is Cc1cc(NC(=O)CCC(=O)N(CC(=O)NC[C@H]2CCCO2)Cc2ccc(F)cc2)no1. The molecule has 1 aromatic heterocycles. The molecule has 3 rings (SSSR count). The number of hydrogen-bond donors (Lipinski definition) is 2. The third-order valence-electron chi connectivity index (χ3n) is 4.99. The minimum atomic E-state index is -0.392. The molecule has 0 aliphatic carbocycles. The van der Waals surface area contributed by atoms with Gasteiger partial charge >= 0.3 is 0 Å². The van der Waals surface area contributed by atoms with Crippen LogP contribution in [0.2, 0.25) is 0 Å². The molecular formula is C22H27FN4O5. The molecule has 1 saturated heterocycles. The van der Waals surface area contributed by atoms with Crippen LogP contribution < -0.4 is 10.6 Å². The minimum absolute atomic E-state index is 0.0101. The summed E-state index contributed by atoms with van der Waals surface area (Å²) in [6.07, 6.45) is 1.67. The Labute approximate surface area is 185 Å². The third-order valence-corrected chi connectivity index (χ3v) is 4.99. The largest absolute Gasteiger partial charge is 0.376 e. The summed E-state index contributed by atoms with van der Waals surface area (Å²) in [5, 5.41) is 9.02. The van der Waals surface area contributed by atoms with Crippen molar-refractivity contribution in [3.63, 3.8) is 0 Å². The maximum atomic E-state index is 13.2. The zero-order chi connectivity index (χ0) is 22.9. The molecule has 32 heavy (non-hydrogen) atoms. The second-order valence-electron chi connectivity index (χ2n) is 7.69. The third kappa shape index (κ3) is 7.45. The van der Waals surface area contributed by atoms with Gasteiger partial charge in [-0.3, -0.25) is 14.4 Å². The number of halogens is 1. The van der Waals surface area contributed by atoms with Gasteiger partial charge in [-0.25, -0.2) is 4.39 Å². The Morgan fingerprint density at radius 3 is 2.62 bits per heavy atom. The van der Waals surface area contributed by atoms with Crippen LogP contribution in [0.3, 0.4) is 0 Å². The topological polar surface area (TPSA) is 114 Å². The Bertz CT molecular complexity index is 925. The van der Waals surface area contributed by atoms with Gasteiger partial charge in [0.25, 0.3) is 0 Å². The van der Waals surface area contributed by atoms with Gasteiger partial charge in [-0.15, -0.1) is 0 Å². The number of nitrogens with zero attached hydrogens (tertiary/aromatic N) is 2. The molecule has 0 unspecified atom stereocenters. The predicted molar refractivity (Wildman–Crippen MR) is 113 cm³/mol. The Morgan fingerprint density at radius 1 is 1.19 bits per heavy atom. The molecular weight excluding hydrogens is 419 g/mol. The second kappa shape index (κ2) is 11.4. The molecule has 0 saturated carbocycles. The van der Waals surface area contributed by atoms with Gasteiger partial charge in [-0.2, -0.15) is 0 Å². The van der Waals surface area contributed by atoms with Crippen molar-refractivity contribution >= 4 is 23.5 Å². The molecule has 9 nitrogen and oxygen atoms in total. The Morgan fingerprint density at radius 2 is 1.97 bits per heavy atom. The summed E-state index contributed by atoms with van der Waals surface area (Å²) in [6.45, 7) is 2.72. The van der Waals surface area contributed by atoms with E-state index in [-0.39, 0.29) is 55.5 Å². The van der Waals surface area contributed by atoms with Crippen molar-refractivity contribution in [3.8, 4) is 0 Å². The highest BCUT2D eigenvalue weighted by Crippen LogP contribution is 2.12. The van der Waals surface area contributed by atoms with Gasteiger partial charge in [0.05, 0.1) is 12.6 Å². The lowest BCUT2D eigenvalue weighted by Gasteiger charge is -2.23. The zero-order valence-electron chi connectivity index (χ0n) is 17.9. The standard InChI is InChI=1S/C22H27FN4O5/c1-15-11-19(26-32-15)25-20(28)8-9-22(30)27(13-16-4-6-17(23)7-5-16)14-21(29)24-12-18-3-2-10-31-18/h4-7,11,18H,2-3,8-10,12-14H2,1H3,(H,24,29)(H,25,26,28)/t18-/m1/s1. The number of amides is 3. The van der Waals surface area contributed by atoms with Crippen LogP contribution in [0, 0.1) is 12.7 Å². The molecule has 2 N–H and O–H groups in total. The first-order chi connectivity index (χ1) is 15.4. The van der Waals surface area contributed by atoms with Crippen LogP contribution in [0.25, 0.3) is 0 Å². The van der Waals surface area contributed by atoms with Crippen molar-refractivity contribution in [1.29, 1.82) is 0 Å². The van der Waals surface area contributed by atoms with Crippen molar-refractivity contribution in [2.75, 3.05) is 25.0 Å². The highest BCUT2D eigenvalue weighted by molar-refractivity contribution is 5.93. The molecule has 1 aliphatic rings. The summed E-state index contributed by atoms with van der Waals surface area (Å²) in [7, 11) is 0. The summed E-state index contributed by atoms with van der Waals surface area (Å²) in [5.74, 6) is -0.643. The fourth-order valence-corrected chi connectivity index (χ4v) is 3.31. The average Bonchev–Trinajstić information content (AvgIpc) is 3.43. The molecule has 1 aromatic carbocycles. The van der Waals surface area contributed by atoms with E-state index in [9.17, 15) is 18.8 Å². The maximum Gasteiger partial charge on any atom is 0.239 e. The van der Waals surface area contributed by atoms with Gasteiger partial charge < -0.3 is 24.8 Å². The number of hydrogen-bond acceptors (Lipinski definition) is 6. The molecule has 1 aliphatic heterocycles. The summed E-state index contributed by atoms with van der Waals surface area (Å²) < 4.78 is 23.6. The molecule has 0 bridgehead atoms. The molecule has 1 fully saturated rings. The van der Waals surface area contributed by atoms with Gasteiger partial charge in [-0.05, 0) is 37.5 Å². The van der Waals surface area contributed by atoms with Gasteiger partial charge in [0.1, 0.15) is 11.6 Å². The van der Waals surface area contributed by atoms with Gasteiger partial charge in [0, 0.05) is 38.6 Å². The first-order valence-corrected chi connectivity index (χ1v) is 10.5. The van der Waals surface area contributed by atoms with Crippen molar-refractivity contribution in [2.45, 2.75) is 45.3 Å². The fraction of sp³-hybridized carbons (Fsp3) is 0.455. The minimum Gasteiger partial charge on any atom is -0.376 e. The van der Waals surface area contributed by atoms with E-state index in [0.717, 1.165) is 12.8 Å². The number of rotatable bonds is 10. The summed E-state index contributed by atoms with van der Waals surface area (Å²) in [4.78, 5) is 38.7. The van der Waals surface area contributed by atoms with Crippen molar-refractivity contribution in [2.24, 2.45) is 0 Å². The highest BCUT2D eigenvalue weighted by Gasteiger charge is 2.21. The van der Waals surface area contributed by atoms with E-state index < -0.39 is 5.91 Å². The lowest BCUT2D eigenvalue weighted by Crippen LogP contribution is -2.42. The van der Waals surface area contributed by atoms with Crippen LogP contribution in [0.1, 0.15) is 37.0 Å². The number of carbonyl (C=O) groups excluding carboxylic acids is 3. The number of benzene rings is 1. The number of anilines is 1. The van der Waals surface area contributed by atoms with E-state index in [2.05, 4.69) is 15.8 Å². The molecule has 0 radical (unpaired) electrons. The molecule has 2 aromatic rings. The molecule has 10 heteroatoms. The van der Waals surface area contributed by atoms with E-state index in [0.29, 0.717) is 24.5 Å². The van der Waals surface area contributed by atoms with Crippen molar-refractivity contribution in [1.82, 2.24) is 15.4 Å². The quantitative estimate of drug-likeness (QED) is 0.578. The molecule has 3 amide bonds.